The normalized spacial score (nSPS) is 21.5. The Bertz CT molecular complexity index is 249. The molecule has 4 N–H and O–H groups in total. The van der Waals surface area contributed by atoms with Crippen LogP contribution in [0.15, 0.2) is 0 Å². The number of hydrogen-bond donors (Lipinski definition) is 4. The number of rotatable bonds is 2. The lowest BCUT2D eigenvalue weighted by Crippen LogP contribution is -2.54. The molecule has 74 valence electrons. The van der Waals surface area contributed by atoms with Crippen LogP contribution < -0.4 is 0 Å². The van der Waals surface area contributed by atoms with E-state index in [0.717, 1.165) is 0 Å². The van der Waals surface area contributed by atoms with Gasteiger partial charge in [0.2, 0.25) is 0 Å². The molecule has 0 spiro atoms. The van der Waals surface area contributed by atoms with Gasteiger partial charge in [-0.1, -0.05) is 0 Å². The van der Waals surface area contributed by atoms with Crippen LogP contribution in [0.5, 0.6) is 0 Å². The fraction of sp³-hybridized carbons (Fsp3) is 0.600. The molecule has 1 aliphatic heterocycles. The number of hydrogen-bond acceptors (Lipinski definition) is 6. The Morgan fingerprint density at radius 2 is 1.62 bits per heavy atom. The third-order valence-corrected chi connectivity index (χ3v) is 1.88. The van der Waals surface area contributed by atoms with E-state index in [4.69, 9.17) is 20.6 Å². The van der Waals surface area contributed by atoms with E-state index < -0.39 is 30.7 Å². The summed E-state index contributed by atoms with van der Waals surface area (Å²) in [4.78, 5) is 21.8. The lowest BCUT2D eigenvalue weighted by atomic mass is 10.0. The van der Waals surface area contributed by atoms with Gasteiger partial charge < -0.3 is 10.2 Å². The number of hydroxylamine groups is 4. The quantitative estimate of drug-likeness (QED) is 0.289. The third-order valence-electron chi connectivity index (χ3n) is 1.88. The Kier molecular flexibility index (Phi) is 2.22. The second-order valence-corrected chi connectivity index (χ2v) is 2.56. The van der Waals surface area contributed by atoms with Crippen molar-refractivity contribution in [2.45, 2.75) is 5.54 Å². The number of aliphatic hydroxyl groups excluding tert-OH is 2. The van der Waals surface area contributed by atoms with E-state index in [9.17, 15) is 9.59 Å². The standard InChI is InChI=1S/C5H8N2O6/c8-1-5(2-9)3(10)6(12)4(11)7(5)13/h8-9,12-13H,1-2H2. The molecular weight excluding hydrogens is 184 g/mol. The van der Waals surface area contributed by atoms with Gasteiger partial charge >= 0.3 is 6.03 Å². The Hall–Kier alpha value is -1.22. The minimum absolute atomic E-state index is 0.199. The minimum atomic E-state index is -2.17. The predicted octanol–water partition coefficient (Wildman–Crippen LogP) is -2.25. The van der Waals surface area contributed by atoms with E-state index in [2.05, 4.69) is 0 Å². The highest BCUT2D eigenvalue weighted by atomic mass is 16.6. The molecule has 0 unspecified atom stereocenters. The highest BCUT2D eigenvalue weighted by Crippen LogP contribution is 2.24. The maximum absolute atomic E-state index is 11.0. The van der Waals surface area contributed by atoms with Crippen molar-refractivity contribution in [3.05, 3.63) is 0 Å². The van der Waals surface area contributed by atoms with E-state index in [0.29, 0.717) is 0 Å². The first-order valence-electron chi connectivity index (χ1n) is 3.29. The summed E-state index contributed by atoms with van der Waals surface area (Å²) in [6, 6.07) is -1.41. The zero-order chi connectivity index (χ0) is 10.2. The molecule has 1 saturated heterocycles. The van der Waals surface area contributed by atoms with Gasteiger partial charge in [-0.15, -0.1) is 5.06 Å². The second-order valence-electron chi connectivity index (χ2n) is 2.56. The van der Waals surface area contributed by atoms with Crippen molar-refractivity contribution < 1.29 is 30.2 Å². The first-order valence-corrected chi connectivity index (χ1v) is 3.29. The van der Waals surface area contributed by atoms with E-state index >= 15 is 0 Å². The summed E-state index contributed by atoms with van der Waals surface area (Å²) in [6.45, 7) is -1.97. The number of nitrogens with zero attached hydrogens (tertiary/aromatic N) is 2. The largest absolute Gasteiger partial charge is 0.393 e. The first-order chi connectivity index (χ1) is 6.01. The number of aliphatic hydroxyl groups is 2. The average molecular weight is 192 g/mol. The zero-order valence-electron chi connectivity index (χ0n) is 6.41. The lowest BCUT2D eigenvalue weighted by molar-refractivity contribution is -0.167. The van der Waals surface area contributed by atoms with Gasteiger partial charge in [-0.25, -0.2) is 4.79 Å². The summed E-state index contributed by atoms with van der Waals surface area (Å²) in [6.07, 6.45) is 0. The van der Waals surface area contributed by atoms with Crippen LogP contribution in [0.3, 0.4) is 0 Å². The number of imide groups is 1. The summed E-state index contributed by atoms with van der Waals surface area (Å²) >= 11 is 0. The van der Waals surface area contributed by atoms with Gasteiger partial charge in [-0.3, -0.25) is 15.2 Å². The number of urea groups is 1. The van der Waals surface area contributed by atoms with E-state index in [1.165, 1.54) is 0 Å². The monoisotopic (exact) mass is 192 g/mol. The zero-order valence-corrected chi connectivity index (χ0v) is 6.41. The SMILES string of the molecule is O=C1N(O)C(=O)C(CO)(CO)N1O. The van der Waals surface area contributed by atoms with Crippen LogP contribution in [-0.2, 0) is 4.79 Å². The van der Waals surface area contributed by atoms with Crippen molar-refractivity contribution in [2.75, 3.05) is 13.2 Å². The molecule has 1 rings (SSSR count). The molecule has 0 atom stereocenters. The molecule has 0 saturated carbocycles. The highest BCUT2D eigenvalue weighted by Gasteiger charge is 2.57. The fourth-order valence-corrected chi connectivity index (χ4v) is 0.967. The van der Waals surface area contributed by atoms with Gasteiger partial charge in [-0.2, -0.15) is 5.06 Å². The van der Waals surface area contributed by atoms with Crippen molar-refractivity contribution >= 4 is 11.9 Å². The number of amides is 3. The Labute approximate surface area is 72.1 Å². The van der Waals surface area contributed by atoms with Crippen molar-refractivity contribution in [2.24, 2.45) is 0 Å². The van der Waals surface area contributed by atoms with Crippen LogP contribution in [0.1, 0.15) is 0 Å². The molecule has 0 aliphatic carbocycles. The van der Waals surface area contributed by atoms with Gasteiger partial charge in [0.25, 0.3) is 5.91 Å². The molecule has 8 nitrogen and oxygen atoms in total. The molecule has 1 fully saturated rings. The molecule has 13 heavy (non-hydrogen) atoms. The maximum atomic E-state index is 11.0. The topological polar surface area (TPSA) is 122 Å². The van der Waals surface area contributed by atoms with Crippen molar-refractivity contribution in [1.82, 2.24) is 10.1 Å². The van der Waals surface area contributed by atoms with Gasteiger partial charge in [0, 0.05) is 0 Å². The molecule has 3 amide bonds. The van der Waals surface area contributed by atoms with Gasteiger partial charge in [0.05, 0.1) is 13.2 Å². The molecule has 0 aromatic rings. The van der Waals surface area contributed by atoms with Crippen LogP contribution in [-0.4, -0.2) is 61.4 Å². The average Bonchev–Trinajstić information content (AvgIpc) is 2.31. The number of carbonyl (C=O) groups is 2. The van der Waals surface area contributed by atoms with Crippen LogP contribution >= 0.6 is 0 Å². The highest BCUT2D eigenvalue weighted by molar-refractivity contribution is 6.05. The summed E-state index contributed by atoms with van der Waals surface area (Å²) in [5, 5.41) is 34.6. The maximum Gasteiger partial charge on any atom is 0.376 e. The Morgan fingerprint density at radius 1 is 1.15 bits per heavy atom. The van der Waals surface area contributed by atoms with Crippen LogP contribution in [0.2, 0.25) is 0 Å². The van der Waals surface area contributed by atoms with Gasteiger partial charge in [0.15, 0.2) is 5.54 Å². The summed E-state index contributed by atoms with van der Waals surface area (Å²) in [5.41, 5.74) is -2.17. The molecule has 0 bridgehead atoms. The first kappa shape index (κ1) is 9.86. The molecule has 0 aromatic carbocycles. The summed E-state index contributed by atoms with van der Waals surface area (Å²) in [5.74, 6) is -1.27. The van der Waals surface area contributed by atoms with Crippen LogP contribution in [0.25, 0.3) is 0 Å². The Morgan fingerprint density at radius 3 is 1.77 bits per heavy atom. The third kappa shape index (κ3) is 1.00. The molecule has 0 aromatic heterocycles. The van der Waals surface area contributed by atoms with Crippen molar-refractivity contribution in [3.63, 3.8) is 0 Å². The molecule has 0 radical (unpaired) electrons. The van der Waals surface area contributed by atoms with Gasteiger partial charge in [-0.05, 0) is 0 Å². The Balaban J connectivity index is 3.11. The van der Waals surface area contributed by atoms with Gasteiger partial charge in [0.1, 0.15) is 0 Å². The fourth-order valence-electron chi connectivity index (χ4n) is 0.967. The van der Waals surface area contributed by atoms with E-state index in [1.54, 1.807) is 0 Å². The van der Waals surface area contributed by atoms with Crippen LogP contribution in [0.4, 0.5) is 4.79 Å². The molecular formula is C5H8N2O6. The lowest BCUT2D eigenvalue weighted by Gasteiger charge is -2.25. The second kappa shape index (κ2) is 2.92. The molecule has 1 heterocycles. The summed E-state index contributed by atoms with van der Waals surface area (Å²) < 4.78 is 0. The minimum Gasteiger partial charge on any atom is -0.393 e. The predicted molar refractivity (Wildman–Crippen MR) is 34.6 cm³/mol. The van der Waals surface area contributed by atoms with E-state index in [-0.39, 0.29) is 10.1 Å². The smallest absolute Gasteiger partial charge is 0.376 e. The summed E-state index contributed by atoms with van der Waals surface area (Å²) in [7, 11) is 0. The van der Waals surface area contributed by atoms with Crippen molar-refractivity contribution in [1.29, 1.82) is 0 Å². The van der Waals surface area contributed by atoms with Crippen molar-refractivity contribution in [3.8, 4) is 0 Å². The molecule has 8 heteroatoms. The number of carbonyl (C=O) groups excluding carboxylic acids is 2. The van der Waals surface area contributed by atoms with E-state index in [1.807, 2.05) is 0 Å². The molecule has 1 aliphatic rings. The van der Waals surface area contributed by atoms with Crippen LogP contribution in [0, 0.1) is 0 Å².